The molecule has 0 spiro atoms. The summed E-state index contributed by atoms with van der Waals surface area (Å²) in [5.41, 5.74) is 0.816. The van der Waals surface area contributed by atoms with Gasteiger partial charge < -0.3 is 15.0 Å². The minimum atomic E-state index is -0.438. The monoisotopic (exact) mass is 294 g/mol. The van der Waals surface area contributed by atoms with Crippen molar-refractivity contribution in [3.63, 3.8) is 0 Å². The lowest BCUT2D eigenvalue weighted by atomic mass is 10.1. The van der Waals surface area contributed by atoms with Crippen molar-refractivity contribution in [2.24, 2.45) is 0 Å². The van der Waals surface area contributed by atoms with Crippen LogP contribution in [0.15, 0.2) is 18.2 Å². The third kappa shape index (κ3) is 3.83. The molecule has 21 heavy (non-hydrogen) atoms. The molecule has 116 valence electrons. The van der Waals surface area contributed by atoms with Gasteiger partial charge in [-0.15, -0.1) is 0 Å². The molecule has 2 rings (SSSR count). The summed E-state index contributed by atoms with van der Waals surface area (Å²) in [6, 6.07) is 5.28. The molecule has 1 aliphatic rings. The van der Waals surface area contributed by atoms with Crippen LogP contribution in [0, 0.1) is 10.1 Å². The van der Waals surface area contributed by atoms with Gasteiger partial charge in [-0.1, -0.05) is 0 Å². The van der Waals surface area contributed by atoms with Gasteiger partial charge in [0.05, 0.1) is 12.0 Å². The van der Waals surface area contributed by atoms with Crippen molar-refractivity contribution in [2.45, 2.75) is 6.04 Å². The summed E-state index contributed by atoms with van der Waals surface area (Å²) in [5, 5.41) is 14.2. The topological polar surface area (TPSA) is 70.9 Å². The van der Waals surface area contributed by atoms with Gasteiger partial charge in [0.2, 0.25) is 0 Å². The number of rotatable bonds is 5. The molecular weight excluding hydrogens is 272 g/mol. The van der Waals surface area contributed by atoms with E-state index in [1.807, 2.05) is 0 Å². The molecule has 7 nitrogen and oxygen atoms in total. The van der Waals surface area contributed by atoms with E-state index in [4.69, 9.17) is 4.74 Å². The summed E-state index contributed by atoms with van der Waals surface area (Å²) < 4.78 is 5.08. The maximum atomic E-state index is 10.9. The van der Waals surface area contributed by atoms with Gasteiger partial charge in [0.25, 0.3) is 0 Å². The Labute approximate surface area is 124 Å². The molecule has 0 saturated carbocycles. The Hall–Kier alpha value is -1.86. The normalized spacial score (nSPS) is 20.2. The highest BCUT2D eigenvalue weighted by Gasteiger charge is 2.22. The van der Waals surface area contributed by atoms with Crippen molar-refractivity contribution >= 4 is 11.4 Å². The van der Waals surface area contributed by atoms with E-state index in [0.717, 1.165) is 31.9 Å². The molecule has 1 heterocycles. The average molecular weight is 294 g/mol. The molecule has 0 aromatic heterocycles. The molecule has 1 N–H and O–H groups in total. The summed E-state index contributed by atoms with van der Waals surface area (Å²) >= 11 is 0. The fourth-order valence-electron chi connectivity index (χ4n) is 2.50. The summed E-state index contributed by atoms with van der Waals surface area (Å²) in [6.07, 6.45) is 0. The summed E-state index contributed by atoms with van der Waals surface area (Å²) in [4.78, 5) is 15.1. The van der Waals surface area contributed by atoms with Crippen LogP contribution < -0.4 is 10.1 Å². The minimum absolute atomic E-state index is 0.0161. The third-order valence-electron chi connectivity index (χ3n) is 3.90. The van der Waals surface area contributed by atoms with Crippen LogP contribution in [0.5, 0.6) is 5.75 Å². The number of hydrogen-bond acceptors (Lipinski definition) is 6. The quantitative estimate of drug-likeness (QED) is 0.651. The summed E-state index contributed by atoms with van der Waals surface area (Å²) in [7, 11) is 5.68. The van der Waals surface area contributed by atoms with Crippen LogP contribution in [0.2, 0.25) is 0 Å². The molecule has 1 aliphatic heterocycles. The highest BCUT2D eigenvalue weighted by Crippen LogP contribution is 2.29. The third-order valence-corrected chi connectivity index (χ3v) is 3.90. The van der Waals surface area contributed by atoms with Crippen molar-refractivity contribution in [1.82, 2.24) is 9.80 Å². The Balaban J connectivity index is 2.01. The number of ether oxygens (including phenoxy) is 1. The molecule has 1 saturated heterocycles. The second-order valence-electron chi connectivity index (χ2n) is 5.42. The number of hydrogen-bond donors (Lipinski definition) is 1. The number of likely N-dealkylation sites (N-methyl/N-ethyl adjacent to an activating group) is 2. The van der Waals surface area contributed by atoms with Crippen molar-refractivity contribution in [3.8, 4) is 5.75 Å². The number of methoxy groups -OCH3 is 1. The van der Waals surface area contributed by atoms with Crippen LogP contribution in [-0.4, -0.2) is 68.1 Å². The maximum Gasteiger partial charge on any atom is 0.311 e. The molecule has 1 fully saturated rings. The van der Waals surface area contributed by atoms with E-state index in [9.17, 15) is 10.1 Å². The molecule has 1 unspecified atom stereocenters. The van der Waals surface area contributed by atoms with Gasteiger partial charge in [0, 0.05) is 50.0 Å². The molecule has 0 aliphatic carbocycles. The zero-order chi connectivity index (χ0) is 15.4. The zero-order valence-corrected chi connectivity index (χ0v) is 12.7. The number of nitro groups is 1. The molecule has 1 aromatic carbocycles. The van der Waals surface area contributed by atoms with Crippen molar-refractivity contribution in [3.05, 3.63) is 28.3 Å². The Morgan fingerprint density at radius 3 is 2.86 bits per heavy atom. The van der Waals surface area contributed by atoms with E-state index in [-0.39, 0.29) is 11.4 Å². The van der Waals surface area contributed by atoms with E-state index in [2.05, 4.69) is 29.2 Å². The van der Waals surface area contributed by atoms with E-state index in [1.165, 1.54) is 13.2 Å². The number of anilines is 1. The molecule has 1 aromatic rings. The van der Waals surface area contributed by atoms with Crippen molar-refractivity contribution in [2.75, 3.05) is 52.7 Å². The van der Waals surface area contributed by atoms with Gasteiger partial charge in [-0.2, -0.15) is 0 Å². The van der Waals surface area contributed by atoms with Gasteiger partial charge in [-0.05, 0) is 20.2 Å². The highest BCUT2D eigenvalue weighted by atomic mass is 16.6. The number of benzene rings is 1. The molecule has 7 heteroatoms. The summed E-state index contributed by atoms with van der Waals surface area (Å²) in [5.74, 6) is 0.277. The Bertz CT molecular complexity index is 509. The van der Waals surface area contributed by atoms with Gasteiger partial charge in [-0.25, -0.2) is 0 Å². The first-order valence-corrected chi connectivity index (χ1v) is 6.96. The first kappa shape index (κ1) is 15.5. The second kappa shape index (κ2) is 6.73. The predicted molar refractivity (Wildman–Crippen MR) is 82.1 cm³/mol. The lowest BCUT2D eigenvalue weighted by molar-refractivity contribution is -0.385. The highest BCUT2D eigenvalue weighted by molar-refractivity contribution is 5.58. The lowest BCUT2D eigenvalue weighted by Crippen LogP contribution is -2.52. The van der Waals surface area contributed by atoms with Gasteiger partial charge in [-0.3, -0.25) is 15.0 Å². The smallest absolute Gasteiger partial charge is 0.311 e. The van der Waals surface area contributed by atoms with E-state index >= 15 is 0 Å². The lowest BCUT2D eigenvalue weighted by Gasteiger charge is -2.37. The maximum absolute atomic E-state index is 10.9. The van der Waals surface area contributed by atoms with Crippen LogP contribution in [-0.2, 0) is 0 Å². The first-order valence-electron chi connectivity index (χ1n) is 6.96. The van der Waals surface area contributed by atoms with Crippen LogP contribution in [0.4, 0.5) is 11.4 Å². The second-order valence-corrected chi connectivity index (χ2v) is 5.42. The number of nitrogens with zero attached hydrogens (tertiary/aromatic N) is 3. The van der Waals surface area contributed by atoms with E-state index in [1.54, 1.807) is 12.1 Å². The molecule has 0 bridgehead atoms. The number of piperazine rings is 1. The van der Waals surface area contributed by atoms with Gasteiger partial charge in [0.1, 0.15) is 0 Å². The first-order chi connectivity index (χ1) is 10.0. The zero-order valence-electron chi connectivity index (χ0n) is 12.7. The largest absolute Gasteiger partial charge is 0.490 e. The number of nitro benzene ring substituents is 1. The molecule has 0 radical (unpaired) electrons. The molecule has 0 amide bonds. The standard InChI is InChI=1S/C14H22N4O3/c1-16-6-7-17(2)12(10-16)9-15-11-4-5-13(18(19)20)14(8-11)21-3/h4-5,8,12,15H,6-7,9-10H2,1-3H3. The summed E-state index contributed by atoms with van der Waals surface area (Å²) in [6.45, 7) is 3.93. The average Bonchev–Trinajstić information content (AvgIpc) is 2.47. The Morgan fingerprint density at radius 1 is 1.43 bits per heavy atom. The molecule has 1 atom stereocenters. The molecular formula is C14H22N4O3. The van der Waals surface area contributed by atoms with Crippen LogP contribution >= 0.6 is 0 Å². The van der Waals surface area contributed by atoms with Crippen LogP contribution in [0.3, 0.4) is 0 Å². The van der Waals surface area contributed by atoms with Crippen LogP contribution in [0.1, 0.15) is 0 Å². The number of nitrogens with one attached hydrogen (secondary N) is 1. The SMILES string of the molecule is COc1cc(NCC2CN(C)CCN2C)ccc1[N+](=O)[O-]. The Kier molecular flexibility index (Phi) is 4.98. The van der Waals surface area contributed by atoms with E-state index in [0.29, 0.717) is 6.04 Å². The van der Waals surface area contributed by atoms with E-state index < -0.39 is 4.92 Å². The fraction of sp³-hybridized carbons (Fsp3) is 0.571. The minimum Gasteiger partial charge on any atom is -0.490 e. The van der Waals surface area contributed by atoms with Gasteiger partial charge >= 0.3 is 5.69 Å². The Morgan fingerprint density at radius 2 is 2.19 bits per heavy atom. The van der Waals surface area contributed by atoms with Crippen molar-refractivity contribution < 1.29 is 9.66 Å². The fourth-order valence-corrected chi connectivity index (χ4v) is 2.50. The van der Waals surface area contributed by atoms with Crippen molar-refractivity contribution in [1.29, 1.82) is 0 Å². The van der Waals surface area contributed by atoms with Gasteiger partial charge in [0.15, 0.2) is 5.75 Å². The predicted octanol–water partition coefficient (Wildman–Crippen LogP) is 1.26. The van der Waals surface area contributed by atoms with Crippen LogP contribution in [0.25, 0.3) is 0 Å².